The molecule has 0 aliphatic heterocycles. The van der Waals surface area contributed by atoms with Gasteiger partial charge >= 0.3 is 0 Å². The fourth-order valence-corrected chi connectivity index (χ4v) is 4.89. The van der Waals surface area contributed by atoms with Crippen molar-refractivity contribution in [2.24, 2.45) is 0 Å². The Kier molecular flexibility index (Phi) is 4.22. The van der Waals surface area contributed by atoms with Crippen LogP contribution in [0.15, 0.2) is 4.90 Å². The molecule has 1 fully saturated rings. The topological polar surface area (TPSA) is 84.2 Å². The van der Waals surface area contributed by atoms with Crippen molar-refractivity contribution in [2.45, 2.75) is 63.4 Å². The molecule has 2 N–H and O–H groups in total. The number of rotatable bonds is 5. The van der Waals surface area contributed by atoms with Gasteiger partial charge in [0.25, 0.3) is 0 Å². The van der Waals surface area contributed by atoms with Crippen LogP contribution in [0.4, 0.5) is 0 Å². The molecule has 1 aliphatic rings. The molecule has 0 unspecified atom stereocenters. The van der Waals surface area contributed by atoms with Crippen molar-refractivity contribution < 1.29 is 13.5 Å². The molecule has 1 heterocycles. The smallest absolute Gasteiger partial charge is 0.244 e. The van der Waals surface area contributed by atoms with Crippen molar-refractivity contribution >= 4 is 10.0 Å². The number of aromatic nitrogens is 2. The number of nitrogens with zero attached hydrogens (tertiary/aromatic N) is 2. The molecular weight excluding hydrogens is 278 g/mol. The van der Waals surface area contributed by atoms with E-state index in [1.165, 1.54) is 0 Å². The summed E-state index contributed by atoms with van der Waals surface area (Å²) in [7, 11) is -3.58. The van der Waals surface area contributed by atoms with Crippen LogP contribution in [-0.4, -0.2) is 35.5 Å². The van der Waals surface area contributed by atoms with E-state index >= 15 is 0 Å². The zero-order valence-electron chi connectivity index (χ0n) is 12.3. The third-order valence-electron chi connectivity index (χ3n) is 3.98. The summed E-state index contributed by atoms with van der Waals surface area (Å²) in [5.74, 6) is 0. The summed E-state index contributed by atoms with van der Waals surface area (Å²) < 4.78 is 29.6. The number of nitrogens with one attached hydrogen (secondary N) is 1. The lowest BCUT2D eigenvalue weighted by molar-refractivity contribution is 0.267. The quantitative estimate of drug-likeness (QED) is 0.853. The average molecular weight is 301 g/mol. The zero-order valence-corrected chi connectivity index (χ0v) is 13.1. The van der Waals surface area contributed by atoms with E-state index in [4.69, 9.17) is 5.11 Å². The van der Waals surface area contributed by atoms with Gasteiger partial charge in [0.1, 0.15) is 4.90 Å². The van der Waals surface area contributed by atoms with Crippen LogP contribution in [-0.2, 0) is 16.6 Å². The minimum absolute atomic E-state index is 0.0629. The first-order chi connectivity index (χ1) is 9.29. The van der Waals surface area contributed by atoms with Gasteiger partial charge in [-0.3, -0.25) is 4.68 Å². The summed E-state index contributed by atoms with van der Waals surface area (Å²) in [6, 6.07) is 0. The van der Waals surface area contributed by atoms with Crippen LogP contribution in [0.1, 0.15) is 44.0 Å². The van der Waals surface area contributed by atoms with Crippen molar-refractivity contribution in [2.75, 3.05) is 6.61 Å². The fraction of sp³-hybridized carbons (Fsp3) is 0.769. The van der Waals surface area contributed by atoms with Crippen molar-refractivity contribution in [3.8, 4) is 0 Å². The molecule has 0 aromatic carbocycles. The molecule has 114 valence electrons. The Labute approximate surface area is 120 Å². The molecule has 0 amide bonds. The third-order valence-corrected chi connectivity index (χ3v) is 5.87. The number of aliphatic hydroxyl groups is 1. The molecule has 1 saturated carbocycles. The monoisotopic (exact) mass is 301 g/mol. The summed E-state index contributed by atoms with van der Waals surface area (Å²) in [6.07, 6.45) is 3.85. The largest absolute Gasteiger partial charge is 0.394 e. The van der Waals surface area contributed by atoms with Crippen LogP contribution in [0.3, 0.4) is 0 Å². The fourth-order valence-electron chi connectivity index (χ4n) is 3.01. The second kappa shape index (κ2) is 5.46. The molecule has 2 rings (SSSR count). The second-order valence-electron chi connectivity index (χ2n) is 5.82. The second-order valence-corrected chi connectivity index (χ2v) is 7.44. The Bertz CT molecular complexity index is 586. The van der Waals surface area contributed by atoms with E-state index in [2.05, 4.69) is 9.82 Å². The summed E-state index contributed by atoms with van der Waals surface area (Å²) in [6.45, 7) is 5.61. The van der Waals surface area contributed by atoms with Crippen molar-refractivity contribution in [3.63, 3.8) is 0 Å². The SMILES string of the molecule is Cc1nn(CCO)c(C)c1S(=O)(=O)NC1(C)CCCC1. The molecule has 7 heteroatoms. The van der Waals surface area contributed by atoms with Crippen molar-refractivity contribution in [1.29, 1.82) is 0 Å². The highest BCUT2D eigenvalue weighted by Crippen LogP contribution is 2.31. The highest BCUT2D eigenvalue weighted by atomic mass is 32.2. The Morgan fingerprint density at radius 1 is 1.35 bits per heavy atom. The maximum absolute atomic E-state index is 12.6. The maximum atomic E-state index is 12.6. The number of hydrogen-bond donors (Lipinski definition) is 2. The zero-order chi connectivity index (χ0) is 15.0. The van der Waals surface area contributed by atoms with E-state index in [0.29, 0.717) is 17.9 Å². The Morgan fingerprint density at radius 2 is 1.95 bits per heavy atom. The van der Waals surface area contributed by atoms with E-state index in [1.54, 1.807) is 18.5 Å². The van der Waals surface area contributed by atoms with Gasteiger partial charge in [-0.05, 0) is 33.6 Å². The third kappa shape index (κ3) is 2.89. The lowest BCUT2D eigenvalue weighted by Crippen LogP contribution is -2.43. The van der Waals surface area contributed by atoms with Crippen molar-refractivity contribution in [3.05, 3.63) is 11.4 Å². The van der Waals surface area contributed by atoms with E-state index in [0.717, 1.165) is 25.7 Å². The number of aliphatic hydroxyl groups excluding tert-OH is 1. The van der Waals surface area contributed by atoms with E-state index in [1.807, 2.05) is 6.92 Å². The first-order valence-corrected chi connectivity index (χ1v) is 8.46. The minimum Gasteiger partial charge on any atom is -0.394 e. The summed E-state index contributed by atoms with van der Waals surface area (Å²) in [5.41, 5.74) is 0.701. The van der Waals surface area contributed by atoms with Gasteiger partial charge in [-0.1, -0.05) is 12.8 Å². The van der Waals surface area contributed by atoms with E-state index < -0.39 is 10.0 Å². The molecular formula is C13H23N3O3S. The molecule has 0 bridgehead atoms. The van der Waals surface area contributed by atoms with Crippen LogP contribution in [0.25, 0.3) is 0 Å². The molecule has 0 spiro atoms. The van der Waals surface area contributed by atoms with E-state index in [9.17, 15) is 8.42 Å². The highest BCUT2D eigenvalue weighted by molar-refractivity contribution is 7.89. The number of aryl methyl sites for hydroxylation is 1. The summed E-state index contributed by atoms with van der Waals surface area (Å²) >= 11 is 0. The maximum Gasteiger partial charge on any atom is 0.244 e. The highest BCUT2D eigenvalue weighted by Gasteiger charge is 2.35. The first kappa shape index (κ1) is 15.5. The summed E-state index contributed by atoms with van der Waals surface area (Å²) in [5, 5.41) is 13.2. The molecule has 6 nitrogen and oxygen atoms in total. The molecule has 0 saturated heterocycles. The van der Waals surface area contributed by atoms with Crippen LogP contribution in [0.5, 0.6) is 0 Å². The van der Waals surface area contributed by atoms with Gasteiger partial charge in [-0.2, -0.15) is 5.10 Å². The van der Waals surface area contributed by atoms with Gasteiger partial charge in [0, 0.05) is 5.54 Å². The Balaban J connectivity index is 2.34. The van der Waals surface area contributed by atoms with Crippen LogP contribution in [0.2, 0.25) is 0 Å². The Hall–Kier alpha value is -0.920. The first-order valence-electron chi connectivity index (χ1n) is 6.98. The Morgan fingerprint density at radius 3 is 2.50 bits per heavy atom. The van der Waals surface area contributed by atoms with Gasteiger partial charge < -0.3 is 5.11 Å². The predicted octanol–water partition coefficient (Wildman–Crippen LogP) is 1.10. The lowest BCUT2D eigenvalue weighted by atomic mass is 10.0. The van der Waals surface area contributed by atoms with Crippen LogP contribution < -0.4 is 4.72 Å². The number of hydrogen-bond acceptors (Lipinski definition) is 4. The molecule has 1 aromatic rings. The standard InChI is InChI=1S/C13H23N3O3S/c1-10-12(11(2)16(14-10)8-9-17)20(18,19)15-13(3)6-4-5-7-13/h15,17H,4-9H2,1-3H3. The predicted molar refractivity (Wildman–Crippen MR) is 76.0 cm³/mol. The van der Waals surface area contributed by atoms with Crippen LogP contribution in [0, 0.1) is 13.8 Å². The van der Waals surface area contributed by atoms with Crippen LogP contribution >= 0.6 is 0 Å². The van der Waals surface area contributed by atoms with Gasteiger partial charge in [-0.15, -0.1) is 0 Å². The van der Waals surface area contributed by atoms with Gasteiger partial charge in [0.15, 0.2) is 0 Å². The minimum atomic E-state index is -3.58. The molecule has 0 atom stereocenters. The molecule has 20 heavy (non-hydrogen) atoms. The van der Waals surface area contributed by atoms with E-state index in [-0.39, 0.29) is 17.0 Å². The number of sulfonamides is 1. The van der Waals surface area contributed by atoms with Gasteiger partial charge in [0.2, 0.25) is 10.0 Å². The van der Waals surface area contributed by atoms with Crippen molar-refractivity contribution in [1.82, 2.24) is 14.5 Å². The van der Waals surface area contributed by atoms with Gasteiger partial charge in [-0.25, -0.2) is 13.1 Å². The summed E-state index contributed by atoms with van der Waals surface area (Å²) in [4.78, 5) is 0.249. The van der Waals surface area contributed by atoms with Gasteiger partial charge in [0.05, 0.1) is 24.5 Å². The molecule has 0 radical (unpaired) electrons. The lowest BCUT2D eigenvalue weighted by Gasteiger charge is -2.25. The average Bonchev–Trinajstić information content (AvgIpc) is 2.84. The molecule has 1 aromatic heterocycles. The normalized spacial score (nSPS) is 18.6. The molecule has 1 aliphatic carbocycles.